The summed E-state index contributed by atoms with van der Waals surface area (Å²) in [4.78, 5) is 18.7. The van der Waals surface area contributed by atoms with Crippen molar-refractivity contribution in [1.29, 1.82) is 0 Å². The fourth-order valence-corrected chi connectivity index (χ4v) is 7.30. The molecule has 0 bridgehead atoms. The van der Waals surface area contributed by atoms with Gasteiger partial charge >= 0.3 is 25.4 Å². The smallest absolute Gasteiger partial charge is 0.334 e. The summed E-state index contributed by atoms with van der Waals surface area (Å²) in [6.07, 6.45) is 0.444. The Morgan fingerprint density at radius 3 is 0.963 bits per heavy atom. The average molecular weight is 470 g/mol. The van der Waals surface area contributed by atoms with Crippen LogP contribution in [0.25, 0.3) is 0 Å². The summed E-state index contributed by atoms with van der Waals surface area (Å²) in [5, 5.41) is 15.4. The fraction of sp³-hybridized carbons (Fsp3) is 0.857. The van der Waals surface area contributed by atoms with Crippen LogP contribution < -0.4 is 0 Å². The molecule has 164 valence electrons. The molecular formula is C14H32O9P2S2. The quantitative estimate of drug-likeness (QED) is 0.390. The van der Waals surface area contributed by atoms with Gasteiger partial charge in [0.1, 0.15) is 0 Å². The second-order valence-electron chi connectivity index (χ2n) is 4.14. The number of carboxylic acid groups (broad SMARTS) is 2. The third kappa shape index (κ3) is 22.2. The molecule has 0 aliphatic rings. The van der Waals surface area contributed by atoms with E-state index in [1.165, 1.54) is 0 Å². The third-order valence-electron chi connectivity index (χ3n) is 1.95. The molecule has 0 aromatic carbocycles. The second-order valence-corrected chi connectivity index (χ2v) is 10.3. The van der Waals surface area contributed by atoms with E-state index >= 15 is 0 Å². The van der Waals surface area contributed by atoms with Crippen LogP contribution in [0.2, 0.25) is 0 Å². The van der Waals surface area contributed by atoms with Crippen LogP contribution in [-0.2, 0) is 55.6 Å². The lowest BCUT2D eigenvalue weighted by Crippen LogP contribution is -2.03. The zero-order chi connectivity index (χ0) is 21.9. The largest absolute Gasteiger partial charge is 0.481 e. The third-order valence-corrected chi connectivity index (χ3v) is 8.32. The highest BCUT2D eigenvalue weighted by atomic mass is 32.5. The van der Waals surface area contributed by atoms with Gasteiger partial charge in [0.25, 0.3) is 0 Å². The molecule has 0 aromatic heterocycles. The summed E-state index contributed by atoms with van der Waals surface area (Å²) in [7, 11) is 0. The molecule has 0 amide bonds. The van der Waals surface area contributed by atoms with Gasteiger partial charge in [-0.05, 0) is 51.3 Å². The van der Waals surface area contributed by atoms with Gasteiger partial charge in [-0.2, -0.15) is 0 Å². The van der Waals surface area contributed by atoms with E-state index in [2.05, 4.69) is 0 Å². The molecule has 0 unspecified atom stereocenters. The molecule has 0 rings (SSSR count). The van der Waals surface area contributed by atoms with Crippen molar-refractivity contribution in [2.45, 2.75) is 54.4 Å². The summed E-state index contributed by atoms with van der Waals surface area (Å²) in [6, 6.07) is 0. The Morgan fingerprint density at radius 1 is 0.667 bits per heavy atom. The SMILES string of the molecule is CCC(=O)O.CCC(=O)O.CCOP(=S)(OCC)OP(=S)(OCC)OCC. The number of rotatable bonds is 12. The maximum Gasteiger partial charge on any atom is 0.334 e. The van der Waals surface area contributed by atoms with Crippen LogP contribution in [0.15, 0.2) is 0 Å². The van der Waals surface area contributed by atoms with Crippen molar-refractivity contribution in [1.82, 2.24) is 0 Å². The molecule has 0 atom stereocenters. The number of aliphatic carboxylic acids is 2. The molecule has 2 N–H and O–H groups in total. The first kappa shape index (κ1) is 31.7. The van der Waals surface area contributed by atoms with Gasteiger partial charge in [-0.3, -0.25) is 9.59 Å². The molecule has 0 saturated carbocycles. The molecule has 0 aliphatic carbocycles. The van der Waals surface area contributed by atoms with E-state index in [4.69, 9.17) is 56.2 Å². The van der Waals surface area contributed by atoms with Gasteiger partial charge in [0.15, 0.2) is 0 Å². The van der Waals surface area contributed by atoms with Crippen molar-refractivity contribution in [3.63, 3.8) is 0 Å². The van der Waals surface area contributed by atoms with Crippen molar-refractivity contribution in [2.75, 3.05) is 26.4 Å². The van der Waals surface area contributed by atoms with E-state index in [1.54, 1.807) is 13.8 Å². The Labute approximate surface area is 172 Å². The second kappa shape index (κ2) is 19.4. The zero-order valence-electron chi connectivity index (χ0n) is 16.7. The molecular weight excluding hydrogens is 438 g/mol. The van der Waals surface area contributed by atoms with E-state index in [1.807, 2.05) is 27.7 Å². The van der Waals surface area contributed by atoms with Crippen molar-refractivity contribution < 1.29 is 42.2 Å². The van der Waals surface area contributed by atoms with Gasteiger partial charge in [0.05, 0.1) is 26.4 Å². The van der Waals surface area contributed by atoms with E-state index in [0.29, 0.717) is 26.4 Å². The number of hydrogen-bond donors (Lipinski definition) is 2. The van der Waals surface area contributed by atoms with E-state index < -0.39 is 25.4 Å². The molecule has 0 saturated heterocycles. The lowest BCUT2D eigenvalue weighted by atomic mass is 10.5. The fourth-order valence-electron chi connectivity index (χ4n) is 0.924. The minimum absolute atomic E-state index is 0.222. The van der Waals surface area contributed by atoms with Gasteiger partial charge < -0.3 is 28.3 Å². The summed E-state index contributed by atoms with van der Waals surface area (Å²) in [5.74, 6) is -1.49. The summed E-state index contributed by atoms with van der Waals surface area (Å²) < 4.78 is 26.9. The van der Waals surface area contributed by atoms with Crippen LogP contribution in [0, 0.1) is 0 Å². The lowest BCUT2D eigenvalue weighted by molar-refractivity contribution is -0.137. The Kier molecular flexibility index (Phi) is 22.7. The highest BCUT2D eigenvalue weighted by Gasteiger charge is 2.31. The predicted molar refractivity (Wildman–Crippen MR) is 112 cm³/mol. The Morgan fingerprint density at radius 2 is 0.852 bits per heavy atom. The van der Waals surface area contributed by atoms with Crippen LogP contribution in [0.1, 0.15) is 54.4 Å². The van der Waals surface area contributed by atoms with E-state index in [9.17, 15) is 9.59 Å². The molecule has 0 aliphatic heterocycles. The van der Waals surface area contributed by atoms with Crippen LogP contribution in [0.5, 0.6) is 0 Å². The maximum atomic E-state index is 9.37. The molecule has 27 heavy (non-hydrogen) atoms. The standard InChI is InChI=1S/C8H20O5P2S2.2C3H6O2/c1-5-9-14(16,10-6-2)13-15(17,11-7-3)12-8-4;2*1-2-3(4)5/h5-8H2,1-4H3;2*2H2,1H3,(H,4,5). The average Bonchev–Trinajstić information content (AvgIpc) is 2.56. The lowest BCUT2D eigenvalue weighted by Gasteiger charge is -2.27. The molecule has 9 nitrogen and oxygen atoms in total. The number of carboxylic acids is 2. The van der Waals surface area contributed by atoms with Gasteiger partial charge in [0, 0.05) is 12.8 Å². The number of hydrogen-bond acceptors (Lipinski definition) is 9. The van der Waals surface area contributed by atoms with E-state index in [0.717, 1.165) is 0 Å². The van der Waals surface area contributed by atoms with Crippen molar-refractivity contribution in [2.24, 2.45) is 0 Å². The zero-order valence-corrected chi connectivity index (χ0v) is 20.1. The highest BCUT2D eigenvalue weighted by Crippen LogP contribution is 2.66. The summed E-state index contributed by atoms with van der Waals surface area (Å²) in [5.41, 5.74) is 0. The van der Waals surface area contributed by atoms with Gasteiger partial charge in [-0.25, -0.2) is 4.31 Å². The first-order valence-corrected chi connectivity index (χ1v) is 13.5. The van der Waals surface area contributed by atoms with Crippen LogP contribution >= 0.6 is 13.4 Å². The van der Waals surface area contributed by atoms with Crippen LogP contribution in [0.4, 0.5) is 0 Å². The first-order chi connectivity index (χ1) is 12.5. The Bertz CT molecular complexity index is 427. The molecule has 0 fully saturated rings. The molecule has 0 heterocycles. The predicted octanol–water partition coefficient (Wildman–Crippen LogP) is 4.56. The highest BCUT2D eigenvalue weighted by molar-refractivity contribution is 8.14. The van der Waals surface area contributed by atoms with Gasteiger partial charge in [0.2, 0.25) is 0 Å². The summed E-state index contributed by atoms with van der Waals surface area (Å²) >= 11 is 10.4. The number of carbonyl (C=O) groups is 2. The minimum Gasteiger partial charge on any atom is -0.481 e. The molecule has 0 spiro atoms. The molecule has 0 aromatic rings. The minimum atomic E-state index is -2.87. The topological polar surface area (TPSA) is 121 Å². The van der Waals surface area contributed by atoms with Crippen molar-refractivity contribution in [3.05, 3.63) is 0 Å². The van der Waals surface area contributed by atoms with Crippen LogP contribution in [-0.4, -0.2) is 48.6 Å². The molecule has 0 radical (unpaired) electrons. The van der Waals surface area contributed by atoms with Crippen molar-refractivity contribution in [3.8, 4) is 0 Å². The van der Waals surface area contributed by atoms with E-state index in [-0.39, 0.29) is 12.8 Å². The van der Waals surface area contributed by atoms with Gasteiger partial charge in [-0.15, -0.1) is 0 Å². The molecule has 13 heteroatoms. The summed E-state index contributed by atoms with van der Waals surface area (Å²) in [6.45, 7) is 6.29. The Hall–Kier alpha value is 0.0400. The monoisotopic (exact) mass is 470 g/mol. The first-order valence-electron chi connectivity index (χ1n) is 8.42. The van der Waals surface area contributed by atoms with Crippen LogP contribution in [0.3, 0.4) is 0 Å². The Balaban J connectivity index is -0.000000471. The van der Waals surface area contributed by atoms with Gasteiger partial charge in [-0.1, -0.05) is 13.8 Å². The maximum absolute atomic E-state index is 9.37. The normalized spacial score (nSPS) is 10.9. The van der Waals surface area contributed by atoms with Crippen molar-refractivity contribution >= 4 is 49.0 Å².